The molecule has 2 heterocycles. The summed E-state index contributed by atoms with van der Waals surface area (Å²) in [6.45, 7) is 3.65. The largest absolute Gasteiger partial charge is 0.507 e. The van der Waals surface area contributed by atoms with Crippen LogP contribution in [0, 0.1) is 13.8 Å². The number of nitrogens with one attached hydrogen (secondary N) is 1. The van der Waals surface area contributed by atoms with Gasteiger partial charge < -0.3 is 14.8 Å². The minimum atomic E-state index is -0.581. The SMILES string of the molecule is Cc1ccc2c(c1)NC(/C=C/c1ccccc1)CC(c1c(O)cc(C)oc1=O)=N2. The van der Waals surface area contributed by atoms with Gasteiger partial charge in [0.1, 0.15) is 17.1 Å². The standard InChI is InChI=1S/C24H22N2O3/c1-15-8-11-19-20(12-15)25-18(10-9-17-6-4-3-5-7-17)14-21(26-19)23-22(27)13-16(2)29-24(23)28/h3-13,18,25,27H,14H2,1-2H3/b10-9+. The molecular formula is C24H22N2O3. The molecule has 1 aromatic heterocycles. The third-order valence-corrected chi connectivity index (χ3v) is 4.82. The molecule has 4 rings (SSSR count). The van der Waals surface area contributed by atoms with E-state index in [9.17, 15) is 9.90 Å². The van der Waals surface area contributed by atoms with E-state index < -0.39 is 5.63 Å². The summed E-state index contributed by atoms with van der Waals surface area (Å²) in [6.07, 6.45) is 4.52. The van der Waals surface area contributed by atoms with Gasteiger partial charge in [-0.15, -0.1) is 0 Å². The van der Waals surface area contributed by atoms with Gasteiger partial charge in [-0.1, -0.05) is 48.6 Å². The van der Waals surface area contributed by atoms with Crippen LogP contribution in [0.3, 0.4) is 0 Å². The lowest BCUT2D eigenvalue weighted by atomic mass is 10.0. The fourth-order valence-corrected chi connectivity index (χ4v) is 3.44. The smallest absolute Gasteiger partial charge is 0.348 e. The second-order valence-electron chi connectivity index (χ2n) is 7.21. The van der Waals surface area contributed by atoms with Crippen LogP contribution in [0.4, 0.5) is 11.4 Å². The third-order valence-electron chi connectivity index (χ3n) is 4.82. The average Bonchev–Trinajstić information content (AvgIpc) is 2.85. The molecule has 0 saturated carbocycles. The van der Waals surface area contributed by atoms with Crippen LogP contribution in [0.2, 0.25) is 0 Å². The third kappa shape index (κ3) is 4.14. The van der Waals surface area contributed by atoms with Crippen molar-refractivity contribution in [2.75, 3.05) is 5.32 Å². The lowest BCUT2D eigenvalue weighted by Crippen LogP contribution is -2.23. The van der Waals surface area contributed by atoms with Gasteiger partial charge in [0.2, 0.25) is 0 Å². The number of fused-ring (bicyclic) bond motifs is 1. The van der Waals surface area contributed by atoms with Crippen LogP contribution >= 0.6 is 0 Å². The van der Waals surface area contributed by atoms with Crippen molar-refractivity contribution in [2.24, 2.45) is 4.99 Å². The van der Waals surface area contributed by atoms with Crippen molar-refractivity contribution >= 4 is 23.2 Å². The molecule has 5 nitrogen and oxygen atoms in total. The Hall–Kier alpha value is -3.60. The Labute approximate surface area is 169 Å². The van der Waals surface area contributed by atoms with Crippen LogP contribution in [-0.2, 0) is 0 Å². The highest BCUT2D eigenvalue weighted by atomic mass is 16.4. The number of rotatable bonds is 3. The summed E-state index contributed by atoms with van der Waals surface area (Å²) in [5, 5.41) is 13.9. The number of aliphatic imine (C=N–C) groups is 1. The van der Waals surface area contributed by atoms with E-state index in [2.05, 4.69) is 11.4 Å². The van der Waals surface area contributed by atoms with Crippen molar-refractivity contribution < 1.29 is 9.52 Å². The molecule has 0 saturated heterocycles. The van der Waals surface area contributed by atoms with Crippen LogP contribution in [0.25, 0.3) is 6.08 Å². The van der Waals surface area contributed by atoms with Crippen LogP contribution in [-0.4, -0.2) is 16.9 Å². The Bertz CT molecular complexity index is 1160. The number of anilines is 1. The normalized spacial score (nSPS) is 16.1. The van der Waals surface area contributed by atoms with E-state index >= 15 is 0 Å². The number of benzene rings is 2. The topological polar surface area (TPSA) is 74.8 Å². The minimum Gasteiger partial charge on any atom is -0.507 e. The lowest BCUT2D eigenvalue weighted by molar-refractivity contribution is 0.432. The zero-order valence-corrected chi connectivity index (χ0v) is 16.3. The summed E-state index contributed by atoms with van der Waals surface area (Å²) in [5.41, 5.74) is 3.83. The summed E-state index contributed by atoms with van der Waals surface area (Å²) in [5.74, 6) is 0.249. The molecule has 0 aliphatic carbocycles. The molecule has 1 unspecified atom stereocenters. The zero-order chi connectivity index (χ0) is 20.4. The highest BCUT2D eigenvalue weighted by Gasteiger charge is 2.23. The number of hydrogen-bond donors (Lipinski definition) is 2. The first-order chi connectivity index (χ1) is 14.0. The molecule has 2 aromatic carbocycles. The first kappa shape index (κ1) is 18.7. The molecular weight excluding hydrogens is 364 g/mol. The van der Waals surface area contributed by atoms with E-state index in [1.807, 2.05) is 61.5 Å². The summed E-state index contributed by atoms with van der Waals surface area (Å²) >= 11 is 0. The summed E-state index contributed by atoms with van der Waals surface area (Å²) < 4.78 is 5.22. The van der Waals surface area contributed by atoms with Crippen LogP contribution in [0.5, 0.6) is 5.75 Å². The molecule has 146 valence electrons. The van der Waals surface area contributed by atoms with E-state index in [0.717, 1.165) is 22.5 Å². The first-order valence-electron chi connectivity index (χ1n) is 9.52. The van der Waals surface area contributed by atoms with Gasteiger partial charge in [-0.25, -0.2) is 4.79 Å². The van der Waals surface area contributed by atoms with E-state index in [0.29, 0.717) is 17.9 Å². The molecule has 0 spiro atoms. The van der Waals surface area contributed by atoms with Gasteiger partial charge >= 0.3 is 5.63 Å². The Morgan fingerprint density at radius 1 is 1.14 bits per heavy atom. The van der Waals surface area contributed by atoms with Gasteiger partial charge in [0, 0.05) is 12.5 Å². The molecule has 0 bridgehead atoms. The van der Waals surface area contributed by atoms with Crippen LogP contribution < -0.4 is 10.9 Å². The Morgan fingerprint density at radius 2 is 1.93 bits per heavy atom. The minimum absolute atomic E-state index is 0.112. The van der Waals surface area contributed by atoms with Gasteiger partial charge in [0.25, 0.3) is 0 Å². The van der Waals surface area contributed by atoms with Crippen molar-refractivity contribution in [3.8, 4) is 5.75 Å². The number of aryl methyl sites for hydroxylation is 2. The van der Waals surface area contributed by atoms with Crippen molar-refractivity contribution in [3.63, 3.8) is 0 Å². The predicted molar refractivity (Wildman–Crippen MR) is 116 cm³/mol. The van der Waals surface area contributed by atoms with Crippen molar-refractivity contribution in [1.29, 1.82) is 0 Å². The number of hydrogen-bond acceptors (Lipinski definition) is 5. The van der Waals surface area contributed by atoms with E-state index in [1.54, 1.807) is 6.92 Å². The summed E-state index contributed by atoms with van der Waals surface area (Å²) in [7, 11) is 0. The lowest BCUT2D eigenvalue weighted by Gasteiger charge is -2.15. The second kappa shape index (κ2) is 7.80. The highest BCUT2D eigenvalue weighted by Crippen LogP contribution is 2.32. The van der Waals surface area contributed by atoms with Gasteiger partial charge in [0.05, 0.1) is 23.1 Å². The second-order valence-corrected chi connectivity index (χ2v) is 7.21. The maximum atomic E-state index is 12.5. The molecule has 0 fully saturated rings. The molecule has 1 atom stereocenters. The van der Waals surface area contributed by atoms with Gasteiger partial charge in [-0.05, 0) is 37.1 Å². The summed E-state index contributed by atoms with van der Waals surface area (Å²) in [6, 6.07) is 17.3. The maximum absolute atomic E-state index is 12.5. The van der Waals surface area contributed by atoms with Crippen LogP contribution in [0.1, 0.15) is 28.9 Å². The molecule has 1 aliphatic heterocycles. The fraction of sp³-hybridized carbons (Fsp3) is 0.167. The molecule has 1 aliphatic rings. The maximum Gasteiger partial charge on any atom is 0.348 e. The van der Waals surface area contributed by atoms with E-state index in [1.165, 1.54) is 6.07 Å². The van der Waals surface area contributed by atoms with E-state index in [4.69, 9.17) is 9.41 Å². The van der Waals surface area contributed by atoms with Crippen LogP contribution in [0.15, 0.2) is 74.9 Å². The van der Waals surface area contributed by atoms with E-state index in [-0.39, 0.29) is 17.4 Å². The molecule has 2 N–H and O–H groups in total. The fourth-order valence-electron chi connectivity index (χ4n) is 3.44. The quantitative estimate of drug-likeness (QED) is 0.666. The van der Waals surface area contributed by atoms with Gasteiger partial charge in [-0.2, -0.15) is 0 Å². The number of aromatic hydroxyl groups is 1. The molecule has 3 aromatic rings. The molecule has 29 heavy (non-hydrogen) atoms. The monoisotopic (exact) mass is 386 g/mol. The van der Waals surface area contributed by atoms with Gasteiger partial charge in [0.15, 0.2) is 0 Å². The van der Waals surface area contributed by atoms with Crippen molar-refractivity contribution in [3.05, 3.63) is 93.5 Å². The Kier molecular flexibility index (Phi) is 5.04. The number of nitrogens with zero attached hydrogens (tertiary/aromatic N) is 1. The predicted octanol–water partition coefficient (Wildman–Crippen LogP) is 4.98. The first-order valence-corrected chi connectivity index (χ1v) is 9.52. The summed E-state index contributed by atoms with van der Waals surface area (Å²) in [4.78, 5) is 17.2. The Morgan fingerprint density at radius 3 is 2.69 bits per heavy atom. The molecule has 5 heteroatoms. The molecule has 0 amide bonds. The van der Waals surface area contributed by atoms with Gasteiger partial charge in [-0.3, -0.25) is 4.99 Å². The average molecular weight is 386 g/mol. The molecule has 0 radical (unpaired) electrons. The Balaban J connectivity index is 1.79. The van der Waals surface area contributed by atoms with Crippen molar-refractivity contribution in [2.45, 2.75) is 26.3 Å². The van der Waals surface area contributed by atoms with Crippen molar-refractivity contribution in [1.82, 2.24) is 0 Å². The highest BCUT2D eigenvalue weighted by molar-refractivity contribution is 6.05. The zero-order valence-electron chi connectivity index (χ0n) is 16.3.